The molecule has 7 heteroatoms. The molecule has 0 fully saturated rings. The van der Waals surface area contributed by atoms with Crippen LogP contribution in [0.5, 0.6) is 5.75 Å². The van der Waals surface area contributed by atoms with Crippen molar-refractivity contribution in [2.75, 3.05) is 30.9 Å². The third-order valence-corrected chi connectivity index (χ3v) is 3.56. The fraction of sp³-hybridized carbons (Fsp3) is 0.278. The number of halogens is 2. The summed E-state index contributed by atoms with van der Waals surface area (Å²) in [5.74, 6) is 0.293. The Morgan fingerprint density at radius 2 is 1.88 bits per heavy atom. The van der Waals surface area contributed by atoms with E-state index < -0.39 is 0 Å². The van der Waals surface area contributed by atoms with E-state index in [0.717, 1.165) is 5.56 Å². The topological polar surface area (TPSA) is 73.6 Å². The maximum absolute atomic E-state index is 12.2. The van der Waals surface area contributed by atoms with Gasteiger partial charge in [0.2, 0.25) is 5.91 Å². The van der Waals surface area contributed by atoms with Gasteiger partial charge in [-0.2, -0.15) is 0 Å². The molecule has 0 atom stereocenters. The zero-order valence-electron chi connectivity index (χ0n) is 14.0. The first-order valence-electron chi connectivity index (χ1n) is 7.73. The molecule has 0 saturated carbocycles. The molecule has 2 aromatic carbocycles. The maximum atomic E-state index is 12.2. The molecule has 0 aliphatic heterocycles. The molecule has 0 aromatic heterocycles. The number of benzene rings is 2. The van der Waals surface area contributed by atoms with E-state index in [4.69, 9.17) is 26.8 Å². The highest BCUT2D eigenvalue weighted by Crippen LogP contribution is 2.33. The minimum atomic E-state index is -0.156. The zero-order valence-corrected chi connectivity index (χ0v) is 15.5. The van der Waals surface area contributed by atoms with E-state index in [1.807, 2.05) is 19.1 Å². The molecule has 0 spiro atoms. The Morgan fingerprint density at radius 3 is 2.56 bits per heavy atom. The van der Waals surface area contributed by atoms with E-state index in [0.29, 0.717) is 42.0 Å². The van der Waals surface area contributed by atoms with Crippen molar-refractivity contribution in [3.63, 3.8) is 0 Å². The third-order valence-electron chi connectivity index (χ3n) is 3.26. The van der Waals surface area contributed by atoms with Gasteiger partial charge in [-0.25, -0.2) is 0 Å². The van der Waals surface area contributed by atoms with Crippen molar-refractivity contribution in [2.45, 2.75) is 13.3 Å². The number of carbonyl (C=O) groups is 1. The first kappa shape index (κ1) is 21.1. The lowest BCUT2D eigenvalue weighted by Gasteiger charge is -2.14. The SMILES string of the molecule is CCOCCOc1c(Cl)cccc1NC(=O)Cc1ccc(N)cc1.Cl. The molecule has 1 amide bonds. The van der Waals surface area contributed by atoms with Crippen LogP contribution in [-0.2, 0) is 16.0 Å². The second-order valence-corrected chi connectivity index (χ2v) is 5.54. The van der Waals surface area contributed by atoms with Gasteiger partial charge >= 0.3 is 0 Å². The molecule has 0 aliphatic carbocycles. The van der Waals surface area contributed by atoms with Crippen molar-refractivity contribution in [3.05, 3.63) is 53.1 Å². The number of amides is 1. The van der Waals surface area contributed by atoms with E-state index in [9.17, 15) is 4.79 Å². The van der Waals surface area contributed by atoms with E-state index in [2.05, 4.69) is 5.32 Å². The number of nitrogens with one attached hydrogen (secondary N) is 1. The lowest BCUT2D eigenvalue weighted by atomic mass is 10.1. The Labute approximate surface area is 158 Å². The average molecular weight is 385 g/mol. The Bertz CT molecular complexity index is 679. The lowest BCUT2D eigenvalue weighted by molar-refractivity contribution is -0.115. The number of para-hydroxylation sites is 1. The minimum Gasteiger partial charge on any atom is -0.487 e. The molecule has 0 bridgehead atoms. The van der Waals surface area contributed by atoms with Crippen LogP contribution in [0.25, 0.3) is 0 Å². The summed E-state index contributed by atoms with van der Waals surface area (Å²) in [6, 6.07) is 12.4. The van der Waals surface area contributed by atoms with Crippen LogP contribution in [0.3, 0.4) is 0 Å². The summed E-state index contributed by atoms with van der Waals surface area (Å²) in [5, 5.41) is 3.28. The van der Waals surface area contributed by atoms with Crippen molar-refractivity contribution in [3.8, 4) is 5.75 Å². The smallest absolute Gasteiger partial charge is 0.228 e. The molecule has 0 saturated heterocycles. The third kappa shape index (κ3) is 6.82. The Morgan fingerprint density at radius 1 is 1.16 bits per heavy atom. The van der Waals surface area contributed by atoms with Gasteiger partial charge in [-0.3, -0.25) is 4.79 Å². The summed E-state index contributed by atoms with van der Waals surface area (Å²) in [4.78, 5) is 12.2. The minimum absolute atomic E-state index is 0. The molecule has 2 aromatic rings. The van der Waals surface area contributed by atoms with Crippen molar-refractivity contribution in [1.29, 1.82) is 0 Å². The molecule has 0 aliphatic rings. The summed E-state index contributed by atoms with van der Waals surface area (Å²) in [6.07, 6.45) is 0.241. The molecule has 0 radical (unpaired) electrons. The molecule has 2 rings (SSSR count). The van der Waals surface area contributed by atoms with Crippen LogP contribution in [0, 0.1) is 0 Å². The second-order valence-electron chi connectivity index (χ2n) is 5.13. The number of nitrogen functional groups attached to an aromatic ring is 1. The number of rotatable bonds is 8. The van der Waals surface area contributed by atoms with Gasteiger partial charge in [0.05, 0.1) is 23.7 Å². The predicted molar refractivity (Wildman–Crippen MR) is 104 cm³/mol. The monoisotopic (exact) mass is 384 g/mol. The van der Waals surface area contributed by atoms with Crippen molar-refractivity contribution in [1.82, 2.24) is 0 Å². The van der Waals surface area contributed by atoms with Gasteiger partial charge < -0.3 is 20.5 Å². The molecule has 0 heterocycles. The highest BCUT2D eigenvalue weighted by Gasteiger charge is 2.12. The maximum Gasteiger partial charge on any atom is 0.228 e. The quantitative estimate of drug-likeness (QED) is 0.533. The molecule has 5 nitrogen and oxygen atoms in total. The van der Waals surface area contributed by atoms with Gasteiger partial charge in [0.15, 0.2) is 5.75 Å². The van der Waals surface area contributed by atoms with Crippen molar-refractivity contribution < 1.29 is 14.3 Å². The van der Waals surface area contributed by atoms with Gasteiger partial charge in [0.1, 0.15) is 6.61 Å². The highest BCUT2D eigenvalue weighted by molar-refractivity contribution is 6.32. The van der Waals surface area contributed by atoms with E-state index >= 15 is 0 Å². The predicted octanol–water partition coefficient (Wildman–Crippen LogP) is 3.94. The molecule has 3 N–H and O–H groups in total. The van der Waals surface area contributed by atoms with Gasteiger partial charge in [-0.15, -0.1) is 12.4 Å². The lowest BCUT2D eigenvalue weighted by Crippen LogP contribution is -2.16. The summed E-state index contributed by atoms with van der Waals surface area (Å²) in [7, 11) is 0. The zero-order chi connectivity index (χ0) is 17.4. The number of carbonyl (C=O) groups excluding carboxylic acids is 1. The van der Waals surface area contributed by atoms with Crippen molar-refractivity contribution in [2.24, 2.45) is 0 Å². The molecular weight excluding hydrogens is 363 g/mol. The molecule has 25 heavy (non-hydrogen) atoms. The van der Waals surface area contributed by atoms with Gasteiger partial charge in [-0.05, 0) is 36.8 Å². The number of hydrogen-bond donors (Lipinski definition) is 2. The first-order valence-corrected chi connectivity index (χ1v) is 8.11. The van der Waals surface area contributed by atoms with Crippen LogP contribution in [0.4, 0.5) is 11.4 Å². The summed E-state index contributed by atoms with van der Waals surface area (Å²) in [6.45, 7) is 3.36. The van der Waals surface area contributed by atoms with Gasteiger partial charge in [-0.1, -0.05) is 29.8 Å². The molecule has 136 valence electrons. The largest absolute Gasteiger partial charge is 0.487 e. The highest BCUT2D eigenvalue weighted by atomic mass is 35.5. The molecule has 0 unspecified atom stereocenters. The Balaban J connectivity index is 0.00000312. The van der Waals surface area contributed by atoms with Crippen LogP contribution in [0.2, 0.25) is 5.02 Å². The number of nitrogens with two attached hydrogens (primary N) is 1. The number of anilines is 2. The average Bonchev–Trinajstić information content (AvgIpc) is 2.56. The fourth-order valence-corrected chi connectivity index (χ4v) is 2.35. The van der Waals surface area contributed by atoms with Crippen molar-refractivity contribution >= 4 is 41.3 Å². The first-order chi connectivity index (χ1) is 11.6. The standard InChI is InChI=1S/C18H21ClN2O3.ClH/c1-2-23-10-11-24-18-15(19)4-3-5-16(18)21-17(22)12-13-6-8-14(20)9-7-13;/h3-9H,2,10-12,20H2,1H3,(H,21,22);1H. The molecular formula is C18H22Cl2N2O3. The normalized spacial score (nSPS) is 10.0. The Kier molecular flexibility index (Phi) is 9.13. The van der Waals surface area contributed by atoms with E-state index in [1.165, 1.54) is 0 Å². The number of hydrogen-bond acceptors (Lipinski definition) is 4. The Hall–Kier alpha value is -1.95. The van der Waals surface area contributed by atoms with E-state index in [-0.39, 0.29) is 24.7 Å². The summed E-state index contributed by atoms with van der Waals surface area (Å²) < 4.78 is 10.9. The van der Waals surface area contributed by atoms with Gasteiger partial charge in [0, 0.05) is 12.3 Å². The second kappa shape index (κ2) is 10.8. The van der Waals surface area contributed by atoms with Crippen LogP contribution in [0.1, 0.15) is 12.5 Å². The summed E-state index contributed by atoms with van der Waals surface area (Å²) >= 11 is 6.17. The van der Waals surface area contributed by atoms with E-state index in [1.54, 1.807) is 30.3 Å². The van der Waals surface area contributed by atoms with Gasteiger partial charge in [0.25, 0.3) is 0 Å². The van der Waals surface area contributed by atoms with Crippen LogP contribution in [-0.4, -0.2) is 25.7 Å². The van der Waals surface area contributed by atoms with Crippen LogP contribution >= 0.6 is 24.0 Å². The number of ether oxygens (including phenoxy) is 2. The summed E-state index contributed by atoms with van der Waals surface area (Å²) in [5.41, 5.74) is 7.73. The fourth-order valence-electron chi connectivity index (χ4n) is 2.12. The van der Waals surface area contributed by atoms with Crippen LogP contribution < -0.4 is 15.8 Å². The van der Waals surface area contributed by atoms with Crippen LogP contribution in [0.15, 0.2) is 42.5 Å².